The number of aromatic nitrogens is 1. The smallest absolute Gasteiger partial charge is 0.230 e. The number of nitrogens with one attached hydrogen (secondary N) is 1. The fourth-order valence-electron chi connectivity index (χ4n) is 1.96. The van der Waals surface area contributed by atoms with Gasteiger partial charge in [-0.15, -0.1) is 0 Å². The normalized spacial score (nSPS) is 10.7. The fourth-order valence-corrected chi connectivity index (χ4v) is 2.22. The second kappa shape index (κ2) is 5.46. The summed E-state index contributed by atoms with van der Waals surface area (Å²) in [6, 6.07) is 14.9. The Bertz CT molecular complexity index is 750. The first kappa shape index (κ1) is 12.9. The van der Waals surface area contributed by atoms with E-state index in [1.807, 2.05) is 48.5 Å². The summed E-state index contributed by atoms with van der Waals surface area (Å²) >= 11 is 3.35. The predicted molar refractivity (Wildman–Crippen MR) is 80.5 cm³/mol. The number of halogens is 1. The average molecular weight is 331 g/mol. The summed E-state index contributed by atoms with van der Waals surface area (Å²) < 4.78 is 6.15. The van der Waals surface area contributed by atoms with Crippen molar-refractivity contribution in [2.24, 2.45) is 0 Å². The van der Waals surface area contributed by atoms with E-state index in [4.69, 9.17) is 4.52 Å². The number of rotatable bonds is 3. The van der Waals surface area contributed by atoms with E-state index in [9.17, 15) is 4.79 Å². The standard InChI is InChI=1S/C15H11BrN2O2/c16-10-5-7-11(8-6-10)17-15(19)9-13-12-3-1-2-4-14(12)20-18-13/h1-8H,9H2,(H,17,19). The Morgan fingerprint density at radius 2 is 1.90 bits per heavy atom. The highest BCUT2D eigenvalue weighted by molar-refractivity contribution is 9.10. The van der Waals surface area contributed by atoms with Crippen molar-refractivity contribution in [3.8, 4) is 0 Å². The zero-order chi connectivity index (χ0) is 13.9. The lowest BCUT2D eigenvalue weighted by Gasteiger charge is -2.03. The molecule has 0 bridgehead atoms. The van der Waals surface area contributed by atoms with Crippen LogP contribution in [0.1, 0.15) is 5.69 Å². The van der Waals surface area contributed by atoms with Crippen LogP contribution < -0.4 is 5.32 Å². The van der Waals surface area contributed by atoms with E-state index in [0.29, 0.717) is 11.3 Å². The maximum Gasteiger partial charge on any atom is 0.230 e. The van der Waals surface area contributed by atoms with E-state index in [1.165, 1.54) is 0 Å². The third-order valence-electron chi connectivity index (χ3n) is 2.91. The number of fused-ring (bicyclic) bond motifs is 1. The number of hydrogen-bond donors (Lipinski definition) is 1. The number of nitrogens with zero attached hydrogens (tertiary/aromatic N) is 1. The lowest BCUT2D eigenvalue weighted by atomic mass is 10.1. The lowest BCUT2D eigenvalue weighted by Crippen LogP contribution is -2.14. The first-order chi connectivity index (χ1) is 9.72. The monoisotopic (exact) mass is 330 g/mol. The molecule has 0 radical (unpaired) electrons. The van der Waals surface area contributed by atoms with Crippen molar-refractivity contribution in [3.05, 3.63) is 58.7 Å². The summed E-state index contributed by atoms with van der Waals surface area (Å²) in [4.78, 5) is 12.0. The largest absolute Gasteiger partial charge is 0.356 e. The number of anilines is 1. The van der Waals surface area contributed by atoms with Gasteiger partial charge in [0.2, 0.25) is 5.91 Å². The van der Waals surface area contributed by atoms with E-state index in [2.05, 4.69) is 26.4 Å². The Kier molecular flexibility index (Phi) is 3.52. The molecule has 2 aromatic carbocycles. The van der Waals surface area contributed by atoms with Gasteiger partial charge in [0.05, 0.1) is 6.42 Å². The number of carbonyl (C=O) groups excluding carboxylic acids is 1. The molecular weight excluding hydrogens is 320 g/mol. The molecule has 0 atom stereocenters. The molecule has 1 amide bonds. The molecule has 0 saturated heterocycles. The zero-order valence-corrected chi connectivity index (χ0v) is 12.1. The molecule has 1 aromatic heterocycles. The molecule has 4 nitrogen and oxygen atoms in total. The molecular formula is C15H11BrN2O2. The molecule has 0 unspecified atom stereocenters. The maximum absolute atomic E-state index is 12.0. The molecule has 0 aliphatic heterocycles. The predicted octanol–water partition coefficient (Wildman–Crippen LogP) is 3.77. The fraction of sp³-hybridized carbons (Fsp3) is 0.0667. The first-order valence-electron chi connectivity index (χ1n) is 6.11. The number of para-hydroxylation sites is 1. The van der Waals surface area contributed by atoms with Gasteiger partial charge in [-0.3, -0.25) is 4.79 Å². The summed E-state index contributed by atoms with van der Waals surface area (Å²) in [7, 11) is 0. The molecule has 100 valence electrons. The van der Waals surface area contributed by atoms with Crippen LogP contribution in [-0.2, 0) is 11.2 Å². The molecule has 5 heteroatoms. The summed E-state index contributed by atoms with van der Waals surface area (Å²) in [5.74, 6) is -0.119. The number of benzene rings is 2. The Morgan fingerprint density at radius 1 is 1.15 bits per heavy atom. The Balaban J connectivity index is 1.74. The molecule has 0 saturated carbocycles. The van der Waals surface area contributed by atoms with Crippen molar-refractivity contribution in [2.45, 2.75) is 6.42 Å². The topological polar surface area (TPSA) is 55.1 Å². The van der Waals surface area contributed by atoms with Crippen molar-refractivity contribution in [1.82, 2.24) is 5.16 Å². The zero-order valence-electron chi connectivity index (χ0n) is 10.5. The second-order valence-electron chi connectivity index (χ2n) is 4.36. The Labute approximate surface area is 123 Å². The van der Waals surface area contributed by atoms with Crippen LogP contribution in [0.25, 0.3) is 11.0 Å². The molecule has 20 heavy (non-hydrogen) atoms. The molecule has 1 heterocycles. The highest BCUT2D eigenvalue weighted by Crippen LogP contribution is 2.19. The third kappa shape index (κ3) is 2.72. The van der Waals surface area contributed by atoms with Crippen LogP contribution in [0.2, 0.25) is 0 Å². The van der Waals surface area contributed by atoms with Crippen molar-refractivity contribution < 1.29 is 9.32 Å². The Hall–Kier alpha value is -2.14. The first-order valence-corrected chi connectivity index (χ1v) is 6.90. The van der Waals surface area contributed by atoms with Gasteiger partial charge in [-0.2, -0.15) is 0 Å². The number of carbonyl (C=O) groups is 1. The SMILES string of the molecule is O=C(Cc1noc2ccccc12)Nc1ccc(Br)cc1. The van der Waals surface area contributed by atoms with Crippen LogP contribution in [0.4, 0.5) is 5.69 Å². The van der Waals surface area contributed by atoms with Gasteiger partial charge in [-0.05, 0) is 36.4 Å². The highest BCUT2D eigenvalue weighted by Gasteiger charge is 2.12. The highest BCUT2D eigenvalue weighted by atomic mass is 79.9. The van der Waals surface area contributed by atoms with E-state index >= 15 is 0 Å². The summed E-state index contributed by atoms with van der Waals surface area (Å²) in [6.07, 6.45) is 0.188. The van der Waals surface area contributed by atoms with Crippen LogP contribution in [0, 0.1) is 0 Å². The molecule has 3 rings (SSSR count). The van der Waals surface area contributed by atoms with E-state index < -0.39 is 0 Å². The van der Waals surface area contributed by atoms with Gasteiger partial charge >= 0.3 is 0 Å². The minimum Gasteiger partial charge on any atom is -0.356 e. The molecule has 0 fully saturated rings. The molecule has 0 aliphatic rings. The van der Waals surface area contributed by atoms with Gasteiger partial charge in [-0.1, -0.05) is 33.2 Å². The average Bonchev–Trinajstić information content (AvgIpc) is 2.85. The summed E-state index contributed by atoms with van der Waals surface area (Å²) in [5.41, 5.74) is 2.10. The van der Waals surface area contributed by atoms with E-state index in [0.717, 1.165) is 15.5 Å². The molecule has 0 aliphatic carbocycles. The number of amides is 1. The quantitative estimate of drug-likeness (QED) is 0.795. The van der Waals surface area contributed by atoms with Crippen molar-refractivity contribution in [2.75, 3.05) is 5.32 Å². The van der Waals surface area contributed by atoms with Gasteiger partial charge in [0, 0.05) is 15.5 Å². The second-order valence-corrected chi connectivity index (χ2v) is 5.27. The van der Waals surface area contributed by atoms with Gasteiger partial charge in [0.15, 0.2) is 5.58 Å². The minimum absolute atomic E-state index is 0.119. The maximum atomic E-state index is 12.0. The van der Waals surface area contributed by atoms with Crippen LogP contribution in [-0.4, -0.2) is 11.1 Å². The summed E-state index contributed by atoms with van der Waals surface area (Å²) in [5, 5.41) is 7.65. The van der Waals surface area contributed by atoms with Gasteiger partial charge < -0.3 is 9.84 Å². The van der Waals surface area contributed by atoms with Crippen molar-refractivity contribution >= 4 is 38.5 Å². The molecule has 3 aromatic rings. The number of hydrogen-bond acceptors (Lipinski definition) is 3. The summed E-state index contributed by atoms with van der Waals surface area (Å²) in [6.45, 7) is 0. The Morgan fingerprint density at radius 3 is 2.70 bits per heavy atom. The van der Waals surface area contributed by atoms with Crippen LogP contribution in [0.3, 0.4) is 0 Å². The van der Waals surface area contributed by atoms with Crippen LogP contribution in [0.5, 0.6) is 0 Å². The minimum atomic E-state index is -0.119. The molecule has 1 N–H and O–H groups in total. The van der Waals surface area contributed by atoms with Gasteiger partial charge in [0.25, 0.3) is 0 Å². The van der Waals surface area contributed by atoms with Crippen molar-refractivity contribution in [3.63, 3.8) is 0 Å². The third-order valence-corrected chi connectivity index (χ3v) is 3.44. The van der Waals surface area contributed by atoms with E-state index in [1.54, 1.807) is 0 Å². The van der Waals surface area contributed by atoms with Crippen LogP contribution >= 0.6 is 15.9 Å². The van der Waals surface area contributed by atoms with E-state index in [-0.39, 0.29) is 12.3 Å². The van der Waals surface area contributed by atoms with Crippen LogP contribution in [0.15, 0.2) is 57.5 Å². The molecule has 0 spiro atoms. The van der Waals surface area contributed by atoms with Gasteiger partial charge in [-0.25, -0.2) is 0 Å². The van der Waals surface area contributed by atoms with Crippen molar-refractivity contribution in [1.29, 1.82) is 0 Å². The van der Waals surface area contributed by atoms with Gasteiger partial charge in [0.1, 0.15) is 5.69 Å². The lowest BCUT2D eigenvalue weighted by molar-refractivity contribution is -0.115.